The molecule has 1 aliphatic rings. The summed E-state index contributed by atoms with van der Waals surface area (Å²) in [7, 11) is 0. The lowest BCUT2D eigenvalue weighted by atomic mass is 9.99. The second-order valence-electron chi connectivity index (χ2n) is 5.98. The first-order valence-electron chi connectivity index (χ1n) is 7.75. The van der Waals surface area contributed by atoms with E-state index in [1.807, 2.05) is 26.0 Å². The van der Waals surface area contributed by atoms with Gasteiger partial charge < -0.3 is 10.1 Å². The summed E-state index contributed by atoms with van der Waals surface area (Å²) in [5, 5.41) is 11.4. The van der Waals surface area contributed by atoms with Gasteiger partial charge in [0, 0.05) is 21.8 Å². The summed E-state index contributed by atoms with van der Waals surface area (Å²) >= 11 is 6.29. The number of benzene rings is 1. The number of nitrogens with one attached hydrogen (secondary N) is 2. The highest BCUT2D eigenvalue weighted by molar-refractivity contribution is 6.31. The Hall–Kier alpha value is -1.52. The van der Waals surface area contributed by atoms with Gasteiger partial charge in [-0.3, -0.25) is 5.10 Å². The van der Waals surface area contributed by atoms with Gasteiger partial charge in [0.15, 0.2) is 0 Å². The zero-order chi connectivity index (χ0) is 15.7. The molecular weight excluding hydrogens is 298 g/mol. The molecule has 2 N–H and O–H groups in total. The van der Waals surface area contributed by atoms with Crippen LogP contribution in [0.4, 0.5) is 0 Å². The van der Waals surface area contributed by atoms with Gasteiger partial charge in [-0.1, -0.05) is 11.6 Å². The summed E-state index contributed by atoms with van der Waals surface area (Å²) in [6, 6.07) is 3.95. The van der Waals surface area contributed by atoms with E-state index in [1.54, 1.807) is 0 Å². The standard InChI is InChI=1S/C17H22ClN3O/c1-10-8-13(18)9-15(16-11(2)20-21-12(16)3)17(10)22-14-4-6-19-7-5-14/h8-9,14,19H,4-7H2,1-3H3,(H,20,21). The van der Waals surface area contributed by atoms with Crippen molar-refractivity contribution in [3.8, 4) is 16.9 Å². The molecule has 0 atom stereocenters. The fourth-order valence-corrected chi connectivity index (χ4v) is 3.37. The highest BCUT2D eigenvalue weighted by Crippen LogP contribution is 2.39. The summed E-state index contributed by atoms with van der Waals surface area (Å²) in [5.41, 5.74) is 5.20. The van der Waals surface area contributed by atoms with E-state index in [2.05, 4.69) is 22.4 Å². The van der Waals surface area contributed by atoms with Crippen molar-refractivity contribution in [1.82, 2.24) is 15.5 Å². The quantitative estimate of drug-likeness (QED) is 0.905. The topological polar surface area (TPSA) is 49.9 Å². The molecule has 1 aromatic carbocycles. The first-order chi connectivity index (χ1) is 10.6. The molecule has 0 radical (unpaired) electrons. The summed E-state index contributed by atoms with van der Waals surface area (Å²) in [6.45, 7) is 8.10. The van der Waals surface area contributed by atoms with Crippen LogP contribution in [0.25, 0.3) is 11.1 Å². The minimum absolute atomic E-state index is 0.257. The van der Waals surface area contributed by atoms with Gasteiger partial charge in [-0.2, -0.15) is 5.10 Å². The Balaban J connectivity index is 2.04. The number of hydrogen-bond acceptors (Lipinski definition) is 3. The molecule has 0 amide bonds. The molecule has 1 aliphatic heterocycles. The van der Waals surface area contributed by atoms with Crippen LogP contribution in [0.1, 0.15) is 29.8 Å². The smallest absolute Gasteiger partial charge is 0.130 e. The first kappa shape index (κ1) is 15.4. The van der Waals surface area contributed by atoms with E-state index in [9.17, 15) is 0 Å². The number of halogens is 1. The zero-order valence-electron chi connectivity index (χ0n) is 13.3. The SMILES string of the molecule is Cc1cc(Cl)cc(-c2c(C)n[nH]c2C)c1OC1CCNCC1. The maximum Gasteiger partial charge on any atom is 0.130 e. The summed E-state index contributed by atoms with van der Waals surface area (Å²) < 4.78 is 6.37. The Labute approximate surface area is 136 Å². The average Bonchev–Trinajstić information content (AvgIpc) is 2.82. The van der Waals surface area contributed by atoms with Crippen molar-refractivity contribution < 1.29 is 4.74 Å². The number of rotatable bonds is 3. The minimum atomic E-state index is 0.257. The molecule has 5 heteroatoms. The van der Waals surface area contributed by atoms with Crippen LogP contribution in [0.2, 0.25) is 5.02 Å². The second kappa shape index (κ2) is 6.31. The number of ether oxygens (including phenoxy) is 1. The molecule has 1 saturated heterocycles. The lowest BCUT2D eigenvalue weighted by molar-refractivity contribution is 0.162. The van der Waals surface area contributed by atoms with Crippen LogP contribution in [0.5, 0.6) is 5.75 Å². The molecule has 0 spiro atoms. The number of aromatic amines is 1. The molecule has 118 valence electrons. The van der Waals surface area contributed by atoms with Crippen LogP contribution in [-0.4, -0.2) is 29.4 Å². The Bertz CT molecular complexity index is 655. The Morgan fingerprint density at radius 1 is 1.18 bits per heavy atom. The Kier molecular flexibility index (Phi) is 4.41. The summed E-state index contributed by atoms with van der Waals surface area (Å²) in [5.74, 6) is 0.934. The lowest BCUT2D eigenvalue weighted by Gasteiger charge is -2.26. The van der Waals surface area contributed by atoms with E-state index < -0.39 is 0 Å². The number of aromatic nitrogens is 2. The molecule has 1 aromatic heterocycles. The van der Waals surface area contributed by atoms with Gasteiger partial charge in [0.2, 0.25) is 0 Å². The first-order valence-corrected chi connectivity index (χ1v) is 8.13. The number of H-pyrrole nitrogens is 1. The molecule has 3 rings (SSSR count). The van der Waals surface area contributed by atoms with E-state index >= 15 is 0 Å². The van der Waals surface area contributed by atoms with Gasteiger partial charge in [-0.25, -0.2) is 0 Å². The second-order valence-corrected chi connectivity index (χ2v) is 6.41. The number of nitrogens with zero attached hydrogens (tertiary/aromatic N) is 1. The van der Waals surface area contributed by atoms with Crippen LogP contribution in [0.15, 0.2) is 12.1 Å². The maximum atomic E-state index is 6.37. The molecule has 2 aromatic rings. The van der Waals surface area contributed by atoms with Crippen LogP contribution in [0.3, 0.4) is 0 Å². The van der Waals surface area contributed by atoms with Gasteiger partial charge >= 0.3 is 0 Å². The van der Waals surface area contributed by atoms with Crippen LogP contribution in [0, 0.1) is 20.8 Å². The van der Waals surface area contributed by atoms with Crippen molar-refractivity contribution in [2.24, 2.45) is 0 Å². The third-order valence-corrected chi connectivity index (χ3v) is 4.43. The molecule has 1 fully saturated rings. The van der Waals surface area contributed by atoms with Crippen LogP contribution >= 0.6 is 11.6 Å². The van der Waals surface area contributed by atoms with Crippen molar-refractivity contribution in [3.05, 3.63) is 34.1 Å². The predicted octanol–water partition coefficient (Wildman–Crippen LogP) is 3.79. The lowest BCUT2D eigenvalue weighted by Crippen LogP contribution is -2.34. The van der Waals surface area contributed by atoms with E-state index in [0.717, 1.165) is 64.8 Å². The Morgan fingerprint density at radius 3 is 2.55 bits per heavy atom. The van der Waals surface area contributed by atoms with Gasteiger partial charge in [0.05, 0.1) is 5.69 Å². The largest absolute Gasteiger partial charge is 0.489 e. The third kappa shape index (κ3) is 2.99. The highest BCUT2D eigenvalue weighted by Gasteiger charge is 2.21. The minimum Gasteiger partial charge on any atom is -0.489 e. The van der Waals surface area contributed by atoms with E-state index in [-0.39, 0.29) is 6.10 Å². The monoisotopic (exact) mass is 319 g/mol. The van der Waals surface area contributed by atoms with Crippen LogP contribution in [-0.2, 0) is 0 Å². The van der Waals surface area contributed by atoms with Crippen molar-refractivity contribution >= 4 is 11.6 Å². The van der Waals surface area contributed by atoms with E-state index in [4.69, 9.17) is 16.3 Å². The van der Waals surface area contributed by atoms with Gasteiger partial charge in [0.25, 0.3) is 0 Å². The number of aryl methyl sites for hydroxylation is 3. The number of piperidine rings is 1. The third-order valence-electron chi connectivity index (χ3n) is 4.21. The fraction of sp³-hybridized carbons (Fsp3) is 0.471. The van der Waals surface area contributed by atoms with Crippen molar-refractivity contribution in [3.63, 3.8) is 0 Å². The van der Waals surface area contributed by atoms with Crippen molar-refractivity contribution in [2.75, 3.05) is 13.1 Å². The van der Waals surface area contributed by atoms with Crippen molar-refractivity contribution in [1.29, 1.82) is 0 Å². The molecule has 0 aliphatic carbocycles. The Morgan fingerprint density at radius 2 is 1.91 bits per heavy atom. The zero-order valence-corrected chi connectivity index (χ0v) is 14.0. The molecule has 0 saturated carbocycles. The van der Waals surface area contributed by atoms with Gasteiger partial charge in [-0.15, -0.1) is 0 Å². The number of hydrogen-bond donors (Lipinski definition) is 2. The normalized spacial score (nSPS) is 16.0. The van der Waals surface area contributed by atoms with Gasteiger partial charge in [0.1, 0.15) is 11.9 Å². The van der Waals surface area contributed by atoms with E-state index in [1.165, 1.54) is 0 Å². The molecular formula is C17H22ClN3O. The maximum absolute atomic E-state index is 6.37. The molecule has 0 unspecified atom stereocenters. The highest BCUT2D eigenvalue weighted by atomic mass is 35.5. The average molecular weight is 320 g/mol. The molecule has 2 heterocycles. The van der Waals surface area contributed by atoms with Crippen LogP contribution < -0.4 is 10.1 Å². The predicted molar refractivity (Wildman–Crippen MR) is 89.8 cm³/mol. The van der Waals surface area contributed by atoms with Crippen molar-refractivity contribution in [2.45, 2.75) is 39.7 Å². The summed E-state index contributed by atoms with van der Waals surface area (Å²) in [4.78, 5) is 0. The van der Waals surface area contributed by atoms with E-state index in [0.29, 0.717) is 0 Å². The molecule has 0 bridgehead atoms. The summed E-state index contributed by atoms with van der Waals surface area (Å²) in [6.07, 6.45) is 2.32. The molecule has 22 heavy (non-hydrogen) atoms. The van der Waals surface area contributed by atoms with Gasteiger partial charge in [-0.05, 0) is 64.4 Å². The fourth-order valence-electron chi connectivity index (χ4n) is 3.10. The molecule has 4 nitrogen and oxygen atoms in total.